The number of nitrogens with one attached hydrogen (secondary N) is 2. The van der Waals surface area contributed by atoms with Crippen LogP contribution in [0.25, 0.3) is 0 Å². The van der Waals surface area contributed by atoms with Crippen LogP contribution in [0.1, 0.15) is 55.7 Å². The summed E-state index contributed by atoms with van der Waals surface area (Å²) < 4.78 is 2.01. The van der Waals surface area contributed by atoms with Crippen LogP contribution in [0.15, 0.2) is 35.3 Å². The molecule has 2 aliphatic carbocycles. The van der Waals surface area contributed by atoms with Crippen LogP contribution in [0.4, 0.5) is 0 Å². The molecule has 0 bridgehead atoms. The summed E-state index contributed by atoms with van der Waals surface area (Å²) in [5.74, 6) is 2.74. The lowest BCUT2D eigenvalue weighted by Crippen LogP contribution is -2.44. The molecule has 1 aromatic heterocycles. The molecule has 28 heavy (non-hydrogen) atoms. The third-order valence-electron chi connectivity index (χ3n) is 6.27. The molecule has 0 radical (unpaired) electrons. The Balaban J connectivity index is 1.40. The maximum atomic E-state index is 4.84. The van der Waals surface area contributed by atoms with Crippen molar-refractivity contribution in [2.75, 3.05) is 6.54 Å². The number of benzene rings is 1. The van der Waals surface area contributed by atoms with Crippen LogP contribution < -0.4 is 10.6 Å². The van der Waals surface area contributed by atoms with E-state index in [0.717, 1.165) is 30.6 Å². The average molecular weight is 381 g/mol. The zero-order valence-corrected chi connectivity index (χ0v) is 17.1. The molecule has 6 nitrogen and oxygen atoms in total. The molecule has 0 amide bonds. The second kappa shape index (κ2) is 8.33. The topological polar surface area (TPSA) is 67.1 Å². The van der Waals surface area contributed by atoms with Crippen molar-refractivity contribution in [2.45, 2.75) is 64.5 Å². The maximum absolute atomic E-state index is 4.84. The molecular weight excluding hydrogens is 348 g/mol. The van der Waals surface area contributed by atoms with Gasteiger partial charge in [-0.15, -0.1) is 10.2 Å². The minimum Gasteiger partial charge on any atom is -0.356 e. The largest absolute Gasteiger partial charge is 0.356 e. The molecule has 1 aromatic carbocycles. The van der Waals surface area contributed by atoms with Crippen molar-refractivity contribution in [1.29, 1.82) is 0 Å². The number of hydrogen-bond acceptors (Lipinski definition) is 3. The Labute approximate surface area is 167 Å². The van der Waals surface area contributed by atoms with E-state index in [0.29, 0.717) is 18.0 Å². The zero-order chi connectivity index (χ0) is 19.4. The highest BCUT2D eigenvalue weighted by Gasteiger charge is 2.42. The second-order valence-corrected chi connectivity index (χ2v) is 8.53. The standard InChI is InChI=1S/C22H32N6/c1-17-26-27-20(28(17)2)15-23-21(25-19-10-6-7-11-19)24-16-22(12-13-22)14-18-8-4-3-5-9-18/h3-5,8-9,19H,6-7,10-16H2,1-2H3,(H2,23,24,25). The average Bonchev–Trinajstić information content (AvgIpc) is 3.12. The Morgan fingerprint density at radius 1 is 1.18 bits per heavy atom. The first kappa shape index (κ1) is 19.0. The van der Waals surface area contributed by atoms with Gasteiger partial charge in [0.05, 0.1) is 0 Å². The van der Waals surface area contributed by atoms with Crippen LogP contribution >= 0.6 is 0 Å². The predicted octanol–water partition coefficient (Wildman–Crippen LogP) is 3.12. The minimum atomic E-state index is 0.376. The van der Waals surface area contributed by atoms with E-state index in [4.69, 9.17) is 4.99 Å². The lowest BCUT2D eigenvalue weighted by molar-refractivity contribution is 0.487. The third kappa shape index (κ3) is 4.72. The van der Waals surface area contributed by atoms with Crippen molar-refractivity contribution in [3.63, 3.8) is 0 Å². The summed E-state index contributed by atoms with van der Waals surface area (Å²) in [7, 11) is 2.00. The van der Waals surface area contributed by atoms with Crippen molar-refractivity contribution in [1.82, 2.24) is 25.4 Å². The van der Waals surface area contributed by atoms with Gasteiger partial charge in [-0.1, -0.05) is 43.2 Å². The molecule has 0 saturated heterocycles. The van der Waals surface area contributed by atoms with E-state index >= 15 is 0 Å². The smallest absolute Gasteiger partial charge is 0.191 e. The Bertz CT molecular complexity index is 800. The van der Waals surface area contributed by atoms with Crippen LogP contribution in [0.2, 0.25) is 0 Å². The minimum absolute atomic E-state index is 0.376. The monoisotopic (exact) mass is 380 g/mol. The predicted molar refractivity (Wildman–Crippen MR) is 112 cm³/mol. The second-order valence-electron chi connectivity index (χ2n) is 8.53. The highest BCUT2D eigenvalue weighted by Crippen LogP contribution is 2.47. The Kier molecular flexibility index (Phi) is 5.64. The summed E-state index contributed by atoms with van der Waals surface area (Å²) in [5.41, 5.74) is 1.81. The fourth-order valence-corrected chi connectivity index (χ4v) is 4.05. The van der Waals surface area contributed by atoms with E-state index in [1.165, 1.54) is 44.1 Å². The number of nitrogens with zero attached hydrogens (tertiary/aromatic N) is 4. The highest BCUT2D eigenvalue weighted by atomic mass is 15.3. The van der Waals surface area contributed by atoms with Gasteiger partial charge in [-0.25, -0.2) is 4.99 Å². The number of rotatable bonds is 7. The fourth-order valence-electron chi connectivity index (χ4n) is 4.05. The summed E-state index contributed by atoms with van der Waals surface area (Å²) in [6.45, 7) is 3.49. The van der Waals surface area contributed by atoms with Crippen molar-refractivity contribution in [3.05, 3.63) is 47.5 Å². The molecule has 1 heterocycles. The number of aryl methyl sites for hydroxylation is 1. The van der Waals surface area contributed by atoms with Gasteiger partial charge in [0.2, 0.25) is 0 Å². The molecule has 2 aromatic rings. The van der Waals surface area contributed by atoms with Crippen LogP contribution in [-0.4, -0.2) is 33.3 Å². The van der Waals surface area contributed by atoms with E-state index < -0.39 is 0 Å². The molecule has 150 valence electrons. The summed E-state index contributed by atoms with van der Waals surface area (Å²) in [6, 6.07) is 11.4. The first-order chi connectivity index (χ1) is 13.6. The van der Waals surface area contributed by atoms with Gasteiger partial charge in [-0.05, 0) is 50.0 Å². The summed E-state index contributed by atoms with van der Waals surface area (Å²) in [5, 5.41) is 15.7. The normalized spacial score (nSPS) is 19.0. The van der Waals surface area contributed by atoms with Gasteiger partial charge in [-0.3, -0.25) is 0 Å². The SMILES string of the molecule is Cc1nnc(CN=C(NCC2(Cc3ccccc3)CC2)NC2CCCC2)n1C. The summed E-state index contributed by atoms with van der Waals surface area (Å²) in [6.07, 6.45) is 8.80. The molecule has 0 atom stereocenters. The first-order valence-electron chi connectivity index (χ1n) is 10.6. The molecule has 2 fully saturated rings. The van der Waals surface area contributed by atoms with Crippen LogP contribution in [0, 0.1) is 12.3 Å². The van der Waals surface area contributed by atoms with E-state index in [-0.39, 0.29) is 0 Å². The van der Waals surface area contributed by atoms with Gasteiger partial charge in [-0.2, -0.15) is 0 Å². The fraction of sp³-hybridized carbons (Fsp3) is 0.591. The number of aliphatic imine (C=N–C) groups is 1. The van der Waals surface area contributed by atoms with Crippen molar-refractivity contribution < 1.29 is 0 Å². The maximum Gasteiger partial charge on any atom is 0.191 e. The van der Waals surface area contributed by atoms with Gasteiger partial charge < -0.3 is 15.2 Å². The van der Waals surface area contributed by atoms with Crippen LogP contribution in [-0.2, 0) is 20.0 Å². The van der Waals surface area contributed by atoms with Gasteiger partial charge in [0.25, 0.3) is 0 Å². The zero-order valence-electron chi connectivity index (χ0n) is 17.1. The first-order valence-corrected chi connectivity index (χ1v) is 10.6. The third-order valence-corrected chi connectivity index (χ3v) is 6.27. The Hall–Kier alpha value is -2.37. The molecule has 2 N–H and O–H groups in total. The molecular formula is C22H32N6. The molecule has 4 rings (SSSR count). The van der Waals surface area contributed by atoms with Gasteiger partial charge in [0.15, 0.2) is 11.8 Å². The quantitative estimate of drug-likeness (QED) is 0.572. The Morgan fingerprint density at radius 2 is 1.93 bits per heavy atom. The number of guanidine groups is 1. The molecule has 2 saturated carbocycles. The van der Waals surface area contributed by atoms with Gasteiger partial charge >= 0.3 is 0 Å². The lowest BCUT2D eigenvalue weighted by Gasteiger charge is -2.21. The molecule has 0 spiro atoms. The van der Waals surface area contributed by atoms with Crippen molar-refractivity contribution in [3.8, 4) is 0 Å². The Morgan fingerprint density at radius 3 is 2.57 bits per heavy atom. The molecule has 0 aliphatic heterocycles. The van der Waals surface area contributed by atoms with Crippen molar-refractivity contribution >= 4 is 5.96 Å². The molecule has 6 heteroatoms. The molecule has 0 unspecified atom stereocenters. The number of hydrogen-bond donors (Lipinski definition) is 2. The van der Waals surface area contributed by atoms with Crippen molar-refractivity contribution in [2.24, 2.45) is 17.5 Å². The van der Waals surface area contributed by atoms with Gasteiger partial charge in [0, 0.05) is 19.6 Å². The van der Waals surface area contributed by atoms with E-state index in [9.17, 15) is 0 Å². The van der Waals surface area contributed by atoms with E-state index in [1.807, 2.05) is 18.5 Å². The van der Waals surface area contributed by atoms with E-state index in [1.54, 1.807) is 0 Å². The molecule has 2 aliphatic rings. The summed E-state index contributed by atoms with van der Waals surface area (Å²) in [4.78, 5) is 4.84. The lowest BCUT2D eigenvalue weighted by atomic mass is 9.96. The number of aromatic nitrogens is 3. The summed E-state index contributed by atoms with van der Waals surface area (Å²) >= 11 is 0. The van der Waals surface area contributed by atoms with Gasteiger partial charge in [0.1, 0.15) is 12.4 Å². The van der Waals surface area contributed by atoms with Crippen LogP contribution in [0.5, 0.6) is 0 Å². The van der Waals surface area contributed by atoms with Crippen LogP contribution in [0.3, 0.4) is 0 Å². The highest BCUT2D eigenvalue weighted by molar-refractivity contribution is 5.80. The van der Waals surface area contributed by atoms with E-state index in [2.05, 4.69) is 51.2 Å².